The molecule has 0 aliphatic rings. The van der Waals surface area contributed by atoms with Crippen LogP contribution in [-0.4, -0.2) is 26.4 Å². The van der Waals surface area contributed by atoms with Crippen molar-refractivity contribution < 1.29 is 18.4 Å². The lowest BCUT2D eigenvalue weighted by molar-refractivity contribution is -0.385. The molecule has 1 N–H and O–H groups in total. The zero-order valence-electron chi connectivity index (χ0n) is 9.79. The van der Waals surface area contributed by atoms with Gasteiger partial charge in [0.1, 0.15) is 6.10 Å². The number of nitro groups is 1. The highest BCUT2D eigenvalue weighted by molar-refractivity contribution is 14.1. The normalized spacial score (nSPS) is 16.6. The minimum absolute atomic E-state index is 0.0793. The van der Waals surface area contributed by atoms with Crippen LogP contribution in [0.1, 0.15) is 18.6 Å². The second-order valence-corrected chi connectivity index (χ2v) is 10.1. The Balaban J connectivity index is 3.24. The summed E-state index contributed by atoms with van der Waals surface area (Å²) in [4.78, 5) is 10.0. The van der Waals surface area contributed by atoms with Crippen LogP contribution in [0.3, 0.4) is 0 Å². The number of benzene rings is 1. The second kappa shape index (κ2) is 5.90. The molecule has 0 amide bonds. The number of hydrogen-bond acceptors (Lipinski definition) is 5. The molecule has 0 radical (unpaired) electrons. The first kappa shape index (κ1) is 16.6. The highest BCUT2D eigenvalue weighted by Gasteiger charge is 2.45. The lowest BCUT2D eigenvalue weighted by Crippen LogP contribution is -2.34. The average Bonchev–Trinajstić information content (AvgIpc) is 2.37. The first-order valence-electron chi connectivity index (χ1n) is 5.16. The molecule has 0 heterocycles. The molecular weight excluding hydrogens is 409 g/mol. The predicted molar refractivity (Wildman–Crippen MR) is 80.1 cm³/mol. The Bertz CT molecular complexity index is 589. The molecule has 0 unspecified atom stereocenters. The standard InChI is InChI=1S/C10H11ClINO5S/c1-2-19(17,18)10(11,12)9(14)7-4-3-5-8(6-7)13(15)16/h3-6,9,14H,2H2,1H3/t9-,10+/m1/s1. The number of hydrogen-bond donors (Lipinski definition) is 1. The minimum atomic E-state index is -3.75. The van der Waals surface area contributed by atoms with E-state index in [0.717, 1.165) is 6.07 Å². The van der Waals surface area contributed by atoms with E-state index in [1.165, 1.54) is 47.7 Å². The van der Waals surface area contributed by atoms with Gasteiger partial charge in [-0.3, -0.25) is 10.1 Å². The second-order valence-electron chi connectivity index (χ2n) is 3.72. The van der Waals surface area contributed by atoms with E-state index in [9.17, 15) is 23.6 Å². The molecule has 0 saturated heterocycles. The molecule has 0 bridgehead atoms. The fourth-order valence-corrected chi connectivity index (χ4v) is 3.97. The van der Waals surface area contributed by atoms with Crippen LogP contribution in [-0.2, 0) is 9.84 Å². The summed E-state index contributed by atoms with van der Waals surface area (Å²) >= 11 is 7.36. The van der Waals surface area contributed by atoms with E-state index in [4.69, 9.17) is 11.6 Å². The first-order valence-corrected chi connectivity index (χ1v) is 8.27. The molecule has 0 saturated carbocycles. The molecule has 1 rings (SSSR count). The lowest BCUT2D eigenvalue weighted by Gasteiger charge is -2.25. The molecular formula is C10H11ClINO5S. The molecule has 19 heavy (non-hydrogen) atoms. The number of aliphatic hydroxyl groups excluding tert-OH is 1. The van der Waals surface area contributed by atoms with Crippen molar-refractivity contribution in [2.45, 2.75) is 15.2 Å². The average molecular weight is 420 g/mol. The summed E-state index contributed by atoms with van der Waals surface area (Å²) in [5, 5.41) is 20.7. The fourth-order valence-electron chi connectivity index (χ4n) is 1.36. The molecule has 6 nitrogen and oxygen atoms in total. The molecule has 1 aromatic rings. The van der Waals surface area contributed by atoms with Gasteiger partial charge in [-0.15, -0.1) is 0 Å². The monoisotopic (exact) mass is 419 g/mol. The van der Waals surface area contributed by atoms with Gasteiger partial charge < -0.3 is 5.11 Å². The van der Waals surface area contributed by atoms with Gasteiger partial charge in [0.25, 0.3) is 5.69 Å². The number of alkyl halides is 2. The number of aliphatic hydroxyl groups is 1. The van der Waals surface area contributed by atoms with Crippen LogP contribution in [0.15, 0.2) is 24.3 Å². The summed E-state index contributed by atoms with van der Waals surface area (Å²) in [6.45, 7) is 1.41. The van der Waals surface area contributed by atoms with E-state index in [2.05, 4.69) is 0 Å². The number of non-ortho nitro benzene ring substituents is 1. The summed E-state index contributed by atoms with van der Waals surface area (Å²) in [6, 6.07) is 5.09. The Hall–Kier alpha value is -0.450. The van der Waals surface area contributed by atoms with Gasteiger partial charge in [0.2, 0.25) is 2.21 Å². The van der Waals surface area contributed by atoms with Gasteiger partial charge in [-0.05, 0) is 28.2 Å². The van der Waals surface area contributed by atoms with E-state index in [0.29, 0.717) is 0 Å². The quantitative estimate of drug-likeness (QED) is 0.342. The van der Waals surface area contributed by atoms with Crippen molar-refractivity contribution in [3.05, 3.63) is 39.9 Å². The van der Waals surface area contributed by atoms with Crippen molar-refractivity contribution >= 4 is 49.7 Å². The van der Waals surface area contributed by atoms with Crippen molar-refractivity contribution in [2.75, 3.05) is 5.75 Å². The molecule has 9 heteroatoms. The zero-order valence-corrected chi connectivity index (χ0v) is 13.5. The molecule has 2 atom stereocenters. The third-order valence-corrected chi connectivity index (χ3v) is 7.84. The minimum Gasteiger partial charge on any atom is -0.385 e. The highest BCUT2D eigenvalue weighted by atomic mass is 127. The third kappa shape index (κ3) is 3.36. The maximum atomic E-state index is 11.8. The number of halogens is 2. The van der Waals surface area contributed by atoms with Crippen molar-refractivity contribution in [3.8, 4) is 0 Å². The van der Waals surface area contributed by atoms with Gasteiger partial charge in [-0.2, -0.15) is 0 Å². The Morgan fingerprint density at radius 3 is 2.63 bits per heavy atom. The number of nitrogens with zero attached hydrogens (tertiary/aromatic N) is 1. The molecule has 0 aliphatic carbocycles. The highest BCUT2D eigenvalue weighted by Crippen LogP contribution is 2.43. The molecule has 1 aromatic carbocycles. The third-order valence-electron chi connectivity index (χ3n) is 2.51. The van der Waals surface area contributed by atoms with Gasteiger partial charge >= 0.3 is 0 Å². The summed E-state index contributed by atoms with van der Waals surface area (Å²) in [7, 11) is -3.75. The molecule has 0 fully saturated rings. The van der Waals surface area contributed by atoms with Crippen molar-refractivity contribution in [2.24, 2.45) is 0 Å². The Labute approximate surface area is 129 Å². The van der Waals surface area contributed by atoms with Crippen molar-refractivity contribution in [3.63, 3.8) is 0 Å². The molecule has 0 aliphatic heterocycles. The van der Waals surface area contributed by atoms with Crippen LogP contribution < -0.4 is 0 Å². The Kier molecular flexibility index (Phi) is 5.15. The fraction of sp³-hybridized carbons (Fsp3) is 0.400. The van der Waals surface area contributed by atoms with Crippen LogP contribution in [0.25, 0.3) is 0 Å². The van der Waals surface area contributed by atoms with Gasteiger partial charge in [0.05, 0.1) is 10.7 Å². The molecule has 0 spiro atoms. The molecule has 0 aromatic heterocycles. The Morgan fingerprint density at radius 1 is 1.58 bits per heavy atom. The smallest absolute Gasteiger partial charge is 0.269 e. The van der Waals surface area contributed by atoms with Gasteiger partial charge in [-0.1, -0.05) is 30.7 Å². The summed E-state index contributed by atoms with van der Waals surface area (Å²) in [6.07, 6.45) is -1.57. The van der Waals surface area contributed by atoms with Crippen LogP contribution in [0, 0.1) is 10.1 Å². The van der Waals surface area contributed by atoms with Gasteiger partial charge in [-0.25, -0.2) is 8.42 Å². The number of sulfone groups is 1. The zero-order chi connectivity index (χ0) is 14.8. The summed E-state index contributed by atoms with van der Waals surface area (Å²) in [5.74, 6) is -0.245. The SMILES string of the molecule is CCS(=O)(=O)[C@@](Cl)(I)[C@H](O)c1cccc([N+](=O)[O-])c1. The van der Waals surface area contributed by atoms with E-state index < -0.39 is 23.1 Å². The van der Waals surface area contributed by atoms with E-state index in [1.807, 2.05) is 0 Å². The topological polar surface area (TPSA) is 97.5 Å². The van der Waals surface area contributed by atoms with Gasteiger partial charge in [0, 0.05) is 12.1 Å². The van der Waals surface area contributed by atoms with E-state index in [1.54, 1.807) is 0 Å². The lowest BCUT2D eigenvalue weighted by atomic mass is 10.1. The van der Waals surface area contributed by atoms with Gasteiger partial charge in [0.15, 0.2) is 9.84 Å². The van der Waals surface area contributed by atoms with Crippen LogP contribution in [0.5, 0.6) is 0 Å². The predicted octanol–water partition coefficient (Wildman–Crippen LogP) is 2.39. The summed E-state index contributed by atoms with van der Waals surface area (Å²) < 4.78 is 21.7. The molecule has 106 valence electrons. The van der Waals surface area contributed by atoms with Crippen LogP contribution in [0.2, 0.25) is 0 Å². The first-order chi connectivity index (χ1) is 8.63. The van der Waals surface area contributed by atoms with Crippen molar-refractivity contribution in [1.29, 1.82) is 0 Å². The number of nitro benzene ring substituents is 1. The maximum absolute atomic E-state index is 11.8. The van der Waals surface area contributed by atoms with Crippen LogP contribution in [0.4, 0.5) is 5.69 Å². The Morgan fingerprint density at radius 2 is 2.16 bits per heavy atom. The number of rotatable bonds is 5. The summed E-state index contributed by atoms with van der Waals surface area (Å²) in [5.41, 5.74) is -0.162. The van der Waals surface area contributed by atoms with Crippen LogP contribution >= 0.6 is 34.2 Å². The van der Waals surface area contributed by atoms with E-state index >= 15 is 0 Å². The maximum Gasteiger partial charge on any atom is 0.269 e. The van der Waals surface area contributed by atoms with E-state index in [-0.39, 0.29) is 17.0 Å². The largest absolute Gasteiger partial charge is 0.385 e. The van der Waals surface area contributed by atoms with Crippen molar-refractivity contribution in [1.82, 2.24) is 0 Å².